The molecule has 0 unspecified atom stereocenters. The lowest BCUT2D eigenvalue weighted by atomic mass is 10.1. The number of amides is 1. The maximum atomic E-state index is 13.1. The summed E-state index contributed by atoms with van der Waals surface area (Å²) in [5.74, 6) is 0.258. The Morgan fingerprint density at radius 3 is 2.56 bits per heavy atom. The lowest BCUT2D eigenvalue weighted by Crippen LogP contribution is -2.31. The van der Waals surface area contributed by atoms with Crippen molar-refractivity contribution < 1.29 is 17.9 Å². The molecule has 0 radical (unpaired) electrons. The molecule has 0 bridgehead atoms. The number of thiophene rings is 1. The van der Waals surface area contributed by atoms with Crippen molar-refractivity contribution in [3.8, 4) is 5.75 Å². The van der Waals surface area contributed by atoms with E-state index in [0.717, 1.165) is 11.3 Å². The molecule has 1 N–H and O–H groups in total. The highest BCUT2D eigenvalue weighted by Crippen LogP contribution is 2.32. The third kappa shape index (κ3) is 4.35. The summed E-state index contributed by atoms with van der Waals surface area (Å²) in [6.45, 7) is -0.0553. The summed E-state index contributed by atoms with van der Waals surface area (Å²) in [7, 11) is -2.12. The third-order valence-corrected chi connectivity index (χ3v) is 7.54. The number of nitrogens with zero attached hydrogens (tertiary/aromatic N) is 1. The Balaban J connectivity index is 1.89. The van der Waals surface area contributed by atoms with Crippen LogP contribution in [0.25, 0.3) is 0 Å². The van der Waals surface area contributed by atoms with Crippen molar-refractivity contribution in [1.82, 2.24) is 10.3 Å². The molecular weight excluding hydrogens is 384 g/mol. The van der Waals surface area contributed by atoms with Gasteiger partial charge >= 0.3 is 0 Å². The highest BCUT2D eigenvalue weighted by Gasteiger charge is 2.30. The van der Waals surface area contributed by atoms with Gasteiger partial charge in [-0.15, -0.1) is 11.3 Å². The van der Waals surface area contributed by atoms with E-state index in [0.29, 0.717) is 16.9 Å². The summed E-state index contributed by atoms with van der Waals surface area (Å²) < 4.78 is 31.6. The molecular formula is C19H18N2O4S2. The monoisotopic (exact) mass is 402 g/mol. The van der Waals surface area contributed by atoms with Crippen LogP contribution in [-0.4, -0.2) is 33.0 Å². The highest BCUT2D eigenvalue weighted by molar-refractivity contribution is 7.93. The summed E-state index contributed by atoms with van der Waals surface area (Å²) in [6, 6.07) is 13.3. The van der Waals surface area contributed by atoms with Crippen molar-refractivity contribution in [2.24, 2.45) is 0 Å². The molecule has 6 nitrogen and oxygen atoms in total. The summed E-state index contributed by atoms with van der Waals surface area (Å²) in [6.07, 6.45) is 3.00. The number of hydrogen-bond acceptors (Lipinski definition) is 6. The molecule has 140 valence electrons. The first-order chi connectivity index (χ1) is 13.0. The molecule has 3 aromatic rings. The maximum absolute atomic E-state index is 13.1. The van der Waals surface area contributed by atoms with Crippen molar-refractivity contribution in [3.63, 3.8) is 0 Å². The fourth-order valence-electron chi connectivity index (χ4n) is 2.58. The predicted octanol–water partition coefficient (Wildman–Crippen LogP) is 3.10. The number of aromatic nitrogens is 1. The van der Waals surface area contributed by atoms with Crippen LogP contribution in [0.4, 0.5) is 0 Å². The van der Waals surface area contributed by atoms with Gasteiger partial charge in [-0.05, 0) is 41.3 Å². The molecule has 0 saturated carbocycles. The lowest BCUT2D eigenvalue weighted by Gasteiger charge is -2.18. The van der Waals surface area contributed by atoms with Crippen LogP contribution in [0.15, 0.2) is 70.5 Å². The van der Waals surface area contributed by atoms with Crippen molar-refractivity contribution in [3.05, 3.63) is 77.4 Å². The highest BCUT2D eigenvalue weighted by atomic mass is 32.2. The van der Waals surface area contributed by atoms with Gasteiger partial charge in [0, 0.05) is 18.9 Å². The largest absolute Gasteiger partial charge is 0.497 e. The third-order valence-electron chi connectivity index (χ3n) is 4.01. The normalized spacial score (nSPS) is 12.3. The number of nitrogens with one attached hydrogen (secondary N) is 1. The molecule has 27 heavy (non-hydrogen) atoms. The fourth-order valence-corrected chi connectivity index (χ4v) is 5.44. The number of pyridine rings is 1. The number of rotatable bonds is 7. The fraction of sp³-hybridized carbons (Fsp3) is 0.158. The zero-order chi connectivity index (χ0) is 19.3. The summed E-state index contributed by atoms with van der Waals surface area (Å²) in [5.41, 5.74) is 0.954. The second-order valence-electron chi connectivity index (χ2n) is 5.69. The maximum Gasteiger partial charge on any atom is 0.252 e. The molecule has 2 aromatic heterocycles. The van der Waals surface area contributed by atoms with Crippen LogP contribution in [0.2, 0.25) is 0 Å². The molecule has 0 fully saturated rings. The van der Waals surface area contributed by atoms with Crippen LogP contribution in [0.1, 0.15) is 21.2 Å². The average Bonchev–Trinajstić information content (AvgIpc) is 3.25. The van der Waals surface area contributed by atoms with Gasteiger partial charge in [-0.25, -0.2) is 8.42 Å². The van der Waals surface area contributed by atoms with E-state index >= 15 is 0 Å². The zero-order valence-electron chi connectivity index (χ0n) is 14.5. The molecule has 0 aliphatic heterocycles. The zero-order valence-corrected chi connectivity index (χ0v) is 16.2. The van der Waals surface area contributed by atoms with E-state index in [2.05, 4.69) is 10.3 Å². The van der Waals surface area contributed by atoms with Crippen molar-refractivity contribution in [2.75, 3.05) is 13.7 Å². The number of carbonyl (C=O) groups is 1. The van der Waals surface area contributed by atoms with E-state index < -0.39 is 15.1 Å². The van der Waals surface area contributed by atoms with Gasteiger partial charge in [0.1, 0.15) is 15.2 Å². The second kappa shape index (κ2) is 8.32. The van der Waals surface area contributed by atoms with Gasteiger partial charge in [0.15, 0.2) is 9.84 Å². The van der Waals surface area contributed by atoms with E-state index in [1.54, 1.807) is 67.2 Å². The Kier molecular flexibility index (Phi) is 5.88. The van der Waals surface area contributed by atoms with Gasteiger partial charge in [-0.3, -0.25) is 9.78 Å². The minimum atomic E-state index is -3.66. The molecule has 0 aliphatic rings. The Morgan fingerprint density at radius 2 is 1.96 bits per heavy atom. The smallest absolute Gasteiger partial charge is 0.252 e. The number of hydrogen-bond donors (Lipinski definition) is 1. The van der Waals surface area contributed by atoms with Gasteiger partial charge in [0.2, 0.25) is 0 Å². The van der Waals surface area contributed by atoms with E-state index in [1.807, 2.05) is 0 Å². The Bertz CT molecular complexity index is 986. The number of ether oxygens (including phenoxy) is 1. The molecule has 3 rings (SSSR count). The molecule has 0 spiro atoms. The standard InChI is InChI=1S/C19H18N2O4S2/c1-25-16-8-6-14(7-9-16)17(27(23,24)18-5-3-11-26-18)13-21-19(22)15-4-2-10-20-12-15/h2-12,17H,13H2,1H3,(H,21,22)/t17-/m0/s1. The van der Waals surface area contributed by atoms with Crippen molar-refractivity contribution >= 4 is 27.1 Å². The number of carbonyl (C=O) groups excluding carboxylic acids is 1. The summed E-state index contributed by atoms with van der Waals surface area (Å²) >= 11 is 1.16. The number of sulfone groups is 1. The summed E-state index contributed by atoms with van der Waals surface area (Å²) in [4.78, 5) is 16.2. The van der Waals surface area contributed by atoms with Crippen molar-refractivity contribution in [1.29, 1.82) is 0 Å². The SMILES string of the molecule is COc1ccc([C@H](CNC(=O)c2cccnc2)S(=O)(=O)c2cccs2)cc1. The van der Waals surface area contributed by atoms with Crippen molar-refractivity contribution in [2.45, 2.75) is 9.46 Å². The molecule has 2 heterocycles. The first kappa shape index (κ1) is 19.1. The van der Waals surface area contributed by atoms with Gasteiger partial charge in [-0.1, -0.05) is 18.2 Å². The lowest BCUT2D eigenvalue weighted by molar-refractivity contribution is 0.0953. The van der Waals surface area contributed by atoms with E-state index in [9.17, 15) is 13.2 Å². The Hall–Kier alpha value is -2.71. The number of methoxy groups -OCH3 is 1. The molecule has 1 amide bonds. The first-order valence-electron chi connectivity index (χ1n) is 8.12. The minimum Gasteiger partial charge on any atom is -0.497 e. The molecule has 0 aliphatic carbocycles. The van der Waals surface area contributed by atoms with Gasteiger partial charge < -0.3 is 10.1 Å². The molecule has 0 saturated heterocycles. The quantitative estimate of drug-likeness (QED) is 0.656. The molecule has 1 aromatic carbocycles. The van der Waals surface area contributed by atoms with Gasteiger partial charge in [0.05, 0.1) is 12.7 Å². The topological polar surface area (TPSA) is 85.4 Å². The van der Waals surface area contributed by atoms with Crippen LogP contribution in [0.5, 0.6) is 5.75 Å². The Morgan fingerprint density at radius 1 is 1.19 bits per heavy atom. The average molecular weight is 402 g/mol. The van der Waals surface area contributed by atoms with Crippen LogP contribution >= 0.6 is 11.3 Å². The Labute approximate surface area is 161 Å². The van der Waals surface area contributed by atoms with Gasteiger partial charge in [-0.2, -0.15) is 0 Å². The summed E-state index contributed by atoms with van der Waals surface area (Å²) in [5, 5.41) is 3.51. The van der Waals surface area contributed by atoms with Crippen LogP contribution < -0.4 is 10.1 Å². The second-order valence-corrected chi connectivity index (χ2v) is 9.00. The van der Waals surface area contributed by atoms with E-state index in [-0.39, 0.29) is 16.7 Å². The van der Waals surface area contributed by atoms with Gasteiger partial charge in [0.25, 0.3) is 5.91 Å². The molecule has 8 heteroatoms. The van der Waals surface area contributed by atoms with Crippen LogP contribution in [0.3, 0.4) is 0 Å². The minimum absolute atomic E-state index is 0.0553. The van der Waals surface area contributed by atoms with Crippen LogP contribution in [0, 0.1) is 0 Å². The first-order valence-corrected chi connectivity index (χ1v) is 10.5. The predicted molar refractivity (Wildman–Crippen MR) is 104 cm³/mol. The van der Waals surface area contributed by atoms with E-state index in [4.69, 9.17) is 4.74 Å². The van der Waals surface area contributed by atoms with Crippen LogP contribution in [-0.2, 0) is 9.84 Å². The molecule has 1 atom stereocenters. The van der Waals surface area contributed by atoms with E-state index in [1.165, 1.54) is 6.20 Å². The number of benzene rings is 1.